The Morgan fingerprint density at radius 2 is 1.84 bits per heavy atom. The number of H-pyrrole nitrogens is 2. The van der Waals surface area contributed by atoms with Gasteiger partial charge in [0.25, 0.3) is 11.1 Å². The van der Waals surface area contributed by atoms with Crippen LogP contribution in [0, 0.1) is 12.7 Å². The first-order valence-corrected chi connectivity index (χ1v) is 10.6. The van der Waals surface area contributed by atoms with Gasteiger partial charge in [-0.05, 0) is 49.4 Å². The van der Waals surface area contributed by atoms with Crippen LogP contribution in [-0.2, 0) is 23.7 Å². The lowest BCUT2D eigenvalue weighted by atomic mass is 9.78. The predicted molar refractivity (Wildman–Crippen MR) is 117 cm³/mol. The number of carbonyl (C=O) groups excluding carboxylic acids is 1. The van der Waals surface area contributed by atoms with E-state index in [2.05, 4.69) is 15.4 Å². The number of carbonyl (C=O) groups is 1. The van der Waals surface area contributed by atoms with E-state index >= 15 is 0 Å². The maximum Gasteiger partial charge on any atom is 0.273 e. The Hall–Kier alpha value is -3.16. The summed E-state index contributed by atoms with van der Waals surface area (Å²) >= 11 is 0. The highest BCUT2D eigenvalue weighted by atomic mass is 19.1. The average molecular weight is 426 g/mol. The van der Waals surface area contributed by atoms with Crippen LogP contribution < -0.4 is 16.4 Å². The third kappa shape index (κ3) is 3.94. The molecule has 0 spiro atoms. The van der Waals surface area contributed by atoms with Crippen molar-refractivity contribution >= 4 is 16.9 Å². The second-order valence-electron chi connectivity index (χ2n) is 8.55. The molecule has 8 heteroatoms. The van der Waals surface area contributed by atoms with E-state index in [9.17, 15) is 18.8 Å². The molecule has 1 aliphatic rings. The number of aryl methyl sites for hydroxylation is 2. The van der Waals surface area contributed by atoms with Crippen LogP contribution in [0.5, 0.6) is 0 Å². The molecule has 1 saturated carbocycles. The van der Waals surface area contributed by atoms with E-state index in [1.807, 2.05) is 12.1 Å². The number of nitrogens with zero attached hydrogens (tertiary/aromatic N) is 1. The monoisotopic (exact) mass is 426 g/mol. The Bertz CT molecular complexity index is 1230. The molecule has 4 rings (SSSR count). The molecule has 1 aliphatic carbocycles. The fraction of sp³-hybridized carbons (Fsp3) is 0.435. The molecule has 0 unspecified atom stereocenters. The van der Waals surface area contributed by atoms with Gasteiger partial charge in [-0.15, -0.1) is 0 Å². The standard InChI is InChI=1S/C23H27FN4O3/c1-14-17(21(30)26-20-19(14)22(31)27-28(20)2)9-10-18(29)25-13-23(11-3-4-12-23)15-5-7-16(24)8-6-15/h5-8H,3-4,9-13H2,1-2H3,(H,25,29)(H,26,30)(H,27,31). The van der Waals surface area contributed by atoms with Crippen molar-refractivity contribution in [3.05, 3.63) is 67.5 Å². The summed E-state index contributed by atoms with van der Waals surface area (Å²) in [5.74, 6) is -0.412. The molecule has 0 atom stereocenters. The largest absolute Gasteiger partial charge is 0.355 e. The first-order chi connectivity index (χ1) is 14.8. The summed E-state index contributed by atoms with van der Waals surface area (Å²) in [7, 11) is 1.66. The van der Waals surface area contributed by atoms with Gasteiger partial charge in [0.15, 0.2) is 0 Å². The summed E-state index contributed by atoms with van der Waals surface area (Å²) in [6.07, 6.45) is 4.46. The molecule has 0 saturated heterocycles. The summed E-state index contributed by atoms with van der Waals surface area (Å²) in [6, 6.07) is 6.55. The van der Waals surface area contributed by atoms with Gasteiger partial charge in [-0.25, -0.2) is 4.39 Å². The molecule has 7 nitrogen and oxygen atoms in total. The number of halogens is 1. The molecule has 3 aromatic rings. The van der Waals surface area contributed by atoms with Gasteiger partial charge in [0.1, 0.15) is 11.5 Å². The van der Waals surface area contributed by atoms with Crippen molar-refractivity contribution in [3.8, 4) is 0 Å². The van der Waals surface area contributed by atoms with Crippen molar-refractivity contribution in [3.63, 3.8) is 0 Å². The number of hydrogen-bond donors (Lipinski definition) is 3. The second kappa shape index (κ2) is 8.17. The fourth-order valence-corrected chi connectivity index (χ4v) is 4.86. The summed E-state index contributed by atoms with van der Waals surface area (Å²) in [4.78, 5) is 40.0. The van der Waals surface area contributed by atoms with E-state index in [0.29, 0.717) is 28.7 Å². The fourth-order valence-electron chi connectivity index (χ4n) is 4.86. The minimum absolute atomic E-state index is 0.144. The number of hydrogen-bond acceptors (Lipinski definition) is 3. The molecule has 2 aromatic heterocycles. The molecule has 2 heterocycles. The lowest BCUT2D eigenvalue weighted by molar-refractivity contribution is -0.121. The Morgan fingerprint density at radius 1 is 1.16 bits per heavy atom. The van der Waals surface area contributed by atoms with E-state index in [4.69, 9.17) is 0 Å². The second-order valence-corrected chi connectivity index (χ2v) is 8.55. The number of aromatic amines is 2. The highest BCUT2D eigenvalue weighted by Gasteiger charge is 2.35. The molecular weight excluding hydrogens is 399 g/mol. The molecule has 1 fully saturated rings. The maximum absolute atomic E-state index is 13.3. The zero-order valence-corrected chi connectivity index (χ0v) is 17.8. The number of nitrogens with one attached hydrogen (secondary N) is 3. The Labute approximate surface area is 178 Å². The maximum atomic E-state index is 13.3. The number of pyridine rings is 1. The summed E-state index contributed by atoms with van der Waals surface area (Å²) in [6.45, 7) is 2.23. The number of benzene rings is 1. The molecule has 1 amide bonds. The minimum Gasteiger partial charge on any atom is -0.355 e. The van der Waals surface area contributed by atoms with E-state index in [0.717, 1.165) is 31.2 Å². The van der Waals surface area contributed by atoms with Crippen LogP contribution in [0.3, 0.4) is 0 Å². The first kappa shape index (κ1) is 21.1. The van der Waals surface area contributed by atoms with Gasteiger partial charge in [-0.3, -0.25) is 24.2 Å². The summed E-state index contributed by atoms with van der Waals surface area (Å²) < 4.78 is 14.8. The van der Waals surface area contributed by atoms with Crippen LogP contribution >= 0.6 is 0 Å². The SMILES string of the molecule is Cc1c(CCC(=O)NCC2(c3ccc(F)cc3)CCCC2)c(=O)[nH]c2c1c(=O)[nH]n2C. The van der Waals surface area contributed by atoms with Gasteiger partial charge in [-0.2, -0.15) is 0 Å². The zero-order chi connectivity index (χ0) is 22.2. The molecule has 0 radical (unpaired) electrons. The Balaban J connectivity index is 1.46. The van der Waals surface area contributed by atoms with Crippen molar-refractivity contribution in [2.75, 3.05) is 6.54 Å². The zero-order valence-electron chi connectivity index (χ0n) is 17.8. The van der Waals surface area contributed by atoms with Crippen LogP contribution in [0.25, 0.3) is 11.0 Å². The molecule has 0 aliphatic heterocycles. The van der Waals surface area contributed by atoms with Crippen LogP contribution in [-0.4, -0.2) is 27.2 Å². The van der Waals surface area contributed by atoms with Gasteiger partial charge >= 0.3 is 0 Å². The van der Waals surface area contributed by atoms with Crippen LogP contribution in [0.4, 0.5) is 4.39 Å². The summed E-state index contributed by atoms with van der Waals surface area (Å²) in [5.41, 5.74) is 1.83. The third-order valence-electron chi connectivity index (χ3n) is 6.65. The van der Waals surface area contributed by atoms with Gasteiger partial charge in [0.05, 0.1) is 5.39 Å². The van der Waals surface area contributed by atoms with Crippen molar-refractivity contribution in [1.29, 1.82) is 0 Å². The highest BCUT2D eigenvalue weighted by Crippen LogP contribution is 2.40. The predicted octanol–water partition coefficient (Wildman–Crippen LogP) is 2.56. The van der Waals surface area contributed by atoms with E-state index < -0.39 is 0 Å². The first-order valence-electron chi connectivity index (χ1n) is 10.6. The van der Waals surface area contributed by atoms with Crippen molar-refractivity contribution < 1.29 is 9.18 Å². The molecular formula is C23H27FN4O3. The van der Waals surface area contributed by atoms with Gasteiger partial charge in [0, 0.05) is 31.0 Å². The molecule has 0 bridgehead atoms. The number of rotatable bonds is 6. The average Bonchev–Trinajstić information content (AvgIpc) is 3.32. The lowest BCUT2D eigenvalue weighted by Gasteiger charge is -2.30. The topological polar surface area (TPSA) is 99.8 Å². The van der Waals surface area contributed by atoms with E-state index in [-0.39, 0.29) is 41.1 Å². The molecule has 164 valence electrons. The quantitative estimate of drug-likeness (QED) is 0.565. The van der Waals surface area contributed by atoms with Gasteiger partial charge in [0.2, 0.25) is 5.91 Å². The summed E-state index contributed by atoms with van der Waals surface area (Å²) in [5, 5.41) is 6.11. The van der Waals surface area contributed by atoms with Crippen molar-refractivity contribution in [2.24, 2.45) is 7.05 Å². The van der Waals surface area contributed by atoms with Crippen LogP contribution in [0.1, 0.15) is 48.8 Å². The normalized spacial score (nSPS) is 15.5. The van der Waals surface area contributed by atoms with Crippen molar-refractivity contribution in [2.45, 2.75) is 50.9 Å². The Morgan fingerprint density at radius 3 is 2.52 bits per heavy atom. The molecule has 1 aromatic carbocycles. The van der Waals surface area contributed by atoms with Gasteiger partial charge in [-0.1, -0.05) is 25.0 Å². The highest BCUT2D eigenvalue weighted by molar-refractivity contribution is 5.80. The molecule has 31 heavy (non-hydrogen) atoms. The lowest BCUT2D eigenvalue weighted by Crippen LogP contribution is -2.39. The minimum atomic E-state index is -0.286. The number of aromatic nitrogens is 3. The smallest absolute Gasteiger partial charge is 0.273 e. The van der Waals surface area contributed by atoms with Crippen molar-refractivity contribution in [1.82, 2.24) is 20.1 Å². The third-order valence-corrected chi connectivity index (χ3v) is 6.65. The molecule has 3 N–H and O–H groups in total. The number of fused-ring (bicyclic) bond motifs is 1. The van der Waals surface area contributed by atoms with E-state index in [1.54, 1.807) is 14.0 Å². The number of amides is 1. The van der Waals surface area contributed by atoms with Gasteiger partial charge < -0.3 is 10.3 Å². The van der Waals surface area contributed by atoms with E-state index in [1.165, 1.54) is 16.8 Å². The van der Waals surface area contributed by atoms with Crippen LogP contribution in [0.15, 0.2) is 33.9 Å². The van der Waals surface area contributed by atoms with Crippen LogP contribution in [0.2, 0.25) is 0 Å². The Kier molecular flexibility index (Phi) is 5.56.